The largest absolute Gasteiger partial charge is 0.309 e. The molecule has 0 N–H and O–H groups in total. The molecule has 0 radical (unpaired) electrons. The van der Waals surface area contributed by atoms with Crippen LogP contribution in [0.15, 0.2) is 141 Å². The van der Waals surface area contributed by atoms with Gasteiger partial charge in [0.05, 0.1) is 27.9 Å². The highest BCUT2D eigenvalue weighted by Crippen LogP contribution is 2.61. The molecule has 1 unspecified atom stereocenters. The maximum absolute atomic E-state index is 2.77. The zero-order chi connectivity index (χ0) is 48.7. The van der Waals surface area contributed by atoms with E-state index in [1.54, 1.807) is 0 Å². The molecule has 0 amide bonds. The van der Waals surface area contributed by atoms with Crippen molar-refractivity contribution in [2.75, 3.05) is 0 Å². The van der Waals surface area contributed by atoms with Crippen molar-refractivity contribution in [2.24, 2.45) is 0 Å². The van der Waals surface area contributed by atoms with Gasteiger partial charge in [-0.3, -0.25) is 0 Å². The molecule has 0 fully saturated rings. The first kappa shape index (κ1) is 43.0. The molecule has 11 aromatic rings. The van der Waals surface area contributed by atoms with Gasteiger partial charge in [0, 0.05) is 72.9 Å². The fourth-order valence-corrected chi connectivity index (χ4v) is 16.8. The number of thiophene rings is 1. The predicted octanol–water partition coefficient (Wildman–Crippen LogP) is 16.7. The molecule has 0 saturated heterocycles. The second kappa shape index (κ2) is 13.7. The zero-order valence-electron chi connectivity index (χ0n) is 42.8. The first-order chi connectivity index (χ1) is 33.7. The van der Waals surface area contributed by atoms with Gasteiger partial charge in [0.1, 0.15) is 0 Å². The Hall–Kier alpha value is -5.66. The average molecular weight is 973 g/mol. The fraction of sp³-hybridized carbons (Fsp3) is 0.262. The van der Waals surface area contributed by atoms with Gasteiger partial charge in [-0.15, -0.1) is 11.3 Å². The minimum absolute atomic E-state index is 0.00369. The van der Waals surface area contributed by atoms with Crippen molar-refractivity contribution in [1.82, 2.24) is 9.13 Å². The van der Waals surface area contributed by atoms with Crippen molar-refractivity contribution in [2.45, 2.75) is 130 Å². The Kier molecular flexibility index (Phi) is 8.28. The Morgan fingerprint density at radius 1 is 0.423 bits per heavy atom. The van der Waals surface area contributed by atoms with Gasteiger partial charge in [-0.2, -0.15) is 0 Å². The molecule has 4 aliphatic rings. The Morgan fingerprint density at radius 2 is 1.00 bits per heavy atom. The highest BCUT2D eigenvalue weighted by Gasteiger charge is 2.49. The van der Waals surface area contributed by atoms with Crippen LogP contribution in [0.25, 0.3) is 75.2 Å². The molecular formula is C65H57BN2S3. The molecule has 15 rings (SSSR count). The van der Waals surface area contributed by atoms with Crippen molar-refractivity contribution in [3.05, 3.63) is 160 Å². The summed E-state index contributed by atoms with van der Waals surface area (Å²) in [6.07, 6.45) is 0. The van der Waals surface area contributed by atoms with E-state index in [9.17, 15) is 0 Å². The zero-order valence-corrected chi connectivity index (χ0v) is 45.3. The molecule has 2 nitrogen and oxygen atoms in total. The summed E-state index contributed by atoms with van der Waals surface area (Å²) in [4.78, 5) is 5.58. The normalized spacial score (nSPS) is 15.9. The standard InChI is InChI=1S/C65H57BN2S3/c1-62(2,3)33-21-23-47-39(25-33)42-27-35(64(7,8)9)29-44-53-38-18-14-16-20-50(38)70-60-54(53)58(67(47)56(42)44)61-55-59(60)68-48-24-22-34(63(4,5)6)26-40(48)43-28-36(65(10,11)12)30-46(57(43)68)66(55)45-31-41-37-17-13-15-19-49(37)69-51(41)32-52(45)71-61/h13-32,53H,1-12H3. The highest BCUT2D eigenvalue weighted by molar-refractivity contribution is 8.00. The van der Waals surface area contributed by atoms with Crippen molar-refractivity contribution < 1.29 is 0 Å². The summed E-state index contributed by atoms with van der Waals surface area (Å²) < 4.78 is 8.26. The molecule has 6 heteroatoms. The van der Waals surface area contributed by atoms with E-state index in [1.807, 2.05) is 23.1 Å². The van der Waals surface area contributed by atoms with Crippen molar-refractivity contribution >= 4 is 122 Å². The first-order valence-electron chi connectivity index (χ1n) is 25.6. The lowest BCUT2D eigenvalue weighted by atomic mass is 9.35. The monoisotopic (exact) mass is 972 g/mol. The molecule has 0 spiro atoms. The smallest absolute Gasteiger partial charge is 0.249 e. The van der Waals surface area contributed by atoms with Gasteiger partial charge in [0.15, 0.2) is 0 Å². The third kappa shape index (κ3) is 5.65. The number of hydrogen-bond acceptors (Lipinski definition) is 3. The second-order valence-electron chi connectivity index (χ2n) is 25.3. The van der Waals surface area contributed by atoms with Crippen LogP contribution in [0.2, 0.25) is 0 Å². The molecule has 0 bridgehead atoms. The molecule has 0 aliphatic carbocycles. The van der Waals surface area contributed by atoms with Crippen LogP contribution in [0.5, 0.6) is 0 Å². The number of rotatable bonds is 0. The van der Waals surface area contributed by atoms with E-state index in [0.29, 0.717) is 0 Å². The highest BCUT2D eigenvalue weighted by atomic mass is 32.2. The van der Waals surface area contributed by atoms with Crippen molar-refractivity contribution in [3.63, 3.8) is 0 Å². The number of nitrogens with zero attached hydrogens (tertiary/aromatic N) is 2. The van der Waals surface area contributed by atoms with Crippen LogP contribution in [0, 0.1) is 0 Å². The van der Waals surface area contributed by atoms with Gasteiger partial charge in [-0.05, 0) is 126 Å². The minimum atomic E-state index is -0.0601. The summed E-state index contributed by atoms with van der Waals surface area (Å²) in [5, 5.41) is 8.19. The molecule has 71 heavy (non-hydrogen) atoms. The molecule has 3 aromatic heterocycles. The van der Waals surface area contributed by atoms with Crippen LogP contribution >= 0.6 is 34.9 Å². The Morgan fingerprint density at radius 3 is 1.68 bits per heavy atom. The van der Waals surface area contributed by atoms with E-state index < -0.39 is 0 Å². The van der Waals surface area contributed by atoms with Gasteiger partial charge in [0.2, 0.25) is 6.71 Å². The van der Waals surface area contributed by atoms with E-state index in [2.05, 4.69) is 225 Å². The topological polar surface area (TPSA) is 9.86 Å². The maximum Gasteiger partial charge on any atom is 0.249 e. The fourth-order valence-electron chi connectivity index (χ4n) is 13.0. The molecular weight excluding hydrogens is 916 g/mol. The van der Waals surface area contributed by atoms with E-state index in [4.69, 9.17) is 0 Å². The number of aromatic nitrogens is 2. The van der Waals surface area contributed by atoms with Gasteiger partial charge in [-0.25, -0.2) is 0 Å². The number of fused-ring (bicyclic) bond motifs is 19. The summed E-state index contributed by atoms with van der Waals surface area (Å²) >= 11 is 6.02. The lowest BCUT2D eigenvalue weighted by molar-refractivity contribution is 0.589. The summed E-state index contributed by atoms with van der Waals surface area (Å²) in [5.41, 5.74) is 22.2. The van der Waals surface area contributed by atoms with E-state index in [0.717, 1.165) is 0 Å². The lowest BCUT2D eigenvalue weighted by Gasteiger charge is -2.42. The summed E-state index contributed by atoms with van der Waals surface area (Å²) in [6.45, 7) is 28.6. The Labute approximate surface area is 429 Å². The van der Waals surface area contributed by atoms with Crippen LogP contribution in [-0.4, -0.2) is 15.8 Å². The van der Waals surface area contributed by atoms with Gasteiger partial charge in [0.25, 0.3) is 0 Å². The molecule has 348 valence electrons. The SMILES string of the molecule is CC(C)(C)c1ccc2c(c1)c1cc(C(C)(C)C)cc3c1n2-c1c2c4c(c5c1B3c1cc3c(cc1S5)sc1ccccc13)-n1c3ccc(C(C)(C)C)cc3c3cc(C(C)(C)C)cc(c31)C4c1ccccc1S2. The molecule has 4 aliphatic heterocycles. The Bertz CT molecular complexity index is 4280. The summed E-state index contributed by atoms with van der Waals surface area (Å²) in [6, 6.07) is 48.9. The van der Waals surface area contributed by atoms with E-state index in [-0.39, 0.29) is 34.3 Å². The average Bonchev–Trinajstić information content (AvgIpc) is 3.97. The van der Waals surface area contributed by atoms with Gasteiger partial charge >= 0.3 is 0 Å². The maximum atomic E-state index is 2.77. The van der Waals surface area contributed by atoms with Crippen LogP contribution in [-0.2, 0) is 21.7 Å². The summed E-state index contributed by atoms with van der Waals surface area (Å²) in [5.74, 6) is 0.0581. The van der Waals surface area contributed by atoms with Crippen LogP contribution in [0.1, 0.15) is 128 Å². The van der Waals surface area contributed by atoms with Crippen LogP contribution in [0.4, 0.5) is 0 Å². The van der Waals surface area contributed by atoms with Crippen molar-refractivity contribution in [3.8, 4) is 11.4 Å². The van der Waals surface area contributed by atoms with E-state index >= 15 is 0 Å². The molecule has 1 atom stereocenters. The number of benzene rings is 8. The molecule has 7 heterocycles. The van der Waals surface area contributed by atoms with Crippen molar-refractivity contribution in [1.29, 1.82) is 0 Å². The van der Waals surface area contributed by atoms with Crippen LogP contribution in [0.3, 0.4) is 0 Å². The van der Waals surface area contributed by atoms with E-state index in [1.165, 1.54) is 150 Å². The quantitative estimate of drug-likeness (QED) is 0.140. The van der Waals surface area contributed by atoms with Gasteiger partial charge in [-0.1, -0.05) is 179 Å². The molecule has 8 aromatic carbocycles. The third-order valence-electron chi connectivity index (χ3n) is 16.8. The molecule has 0 saturated carbocycles. The summed E-state index contributed by atoms with van der Waals surface area (Å²) in [7, 11) is 0. The van der Waals surface area contributed by atoms with Crippen LogP contribution < -0.4 is 16.4 Å². The third-order valence-corrected chi connectivity index (χ3v) is 20.3. The first-order valence-corrected chi connectivity index (χ1v) is 28.1. The van der Waals surface area contributed by atoms with Gasteiger partial charge < -0.3 is 9.13 Å². The predicted molar refractivity (Wildman–Crippen MR) is 310 cm³/mol. The number of hydrogen-bond donors (Lipinski definition) is 0. The Balaban J connectivity index is 1.19. The lowest BCUT2D eigenvalue weighted by Crippen LogP contribution is -2.59. The minimum Gasteiger partial charge on any atom is -0.309 e. The second-order valence-corrected chi connectivity index (χ2v) is 28.5.